The Kier molecular flexibility index (Phi) is 54.0. The summed E-state index contributed by atoms with van der Waals surface area (Å²) in [7, 11) is 0. The molecule has 6 heteroatoms. The standard InChI is InChI=1S/C65H102O6/c1-4-7-10-13-16-19-22-25-28-31-32-35-37-40-43-46-49-52-55-58-64(67)70-61-62(71-65(68)59-56-53-50-47-44-41-38-34-30-27-24-21-18-15-12-9-6-3)60-69-63(66)57-54-51-48-45-42-39-36-33-29-26-23-20-17-14-11-8-5-2/h8-9,11-12,14-15,17-18,20-21,23-24,26-27,29-30,33-34,36,38-39,41-42,44,62H,4-7,10,13,16,19,22,25,28,31-32,35,37,40,43,45-61H2,1-3H3/b11-8-,12-9-,17-14-,18-15-,23-20-,24-21-,29-26-,30-27-,36-33+,38-34+,42-39-,44-41-. The second kappa shape index (κ2) is 57.9. The Morgan fingerprint density at radius 3 is 0.859 bits per heavy atom. The van der Waals surface area contributed by atoms with Gasteiger partial charge < -0.3 is 14.2 Å². The molecule has 398 valence electrons. The Labute approximate surface area is 436 Å². The van der Waals surface area contributed by atoms with Gasteiger partial charge in [-0.25, -0.2) is 0 Å². The van der Waals surface area contributed by atoms with Gasteiger partial charge in [0.15, 0.2) is 6.10 Å². The monoisotopic (exact) mass is 979 g/mol. The smallest absolute Gasteiger partial charge is 0.306 e. The van der Waals surface area contributed by atoms with Crippen LogP contribution in [-0.2, 0) is 28.6 Å². The lowest BCUT2D eigenvalue weighted by Gasteiger charge is -2.18. The quantitative estimate of drug-likeness (QED) is 0.0262. The van der Waals surface area contributed by atoms with E-state index in [4.69, 9.17) is 14.2 Å². The van der Waals surface area contributed by atoms with Crippen LogP contribution in [0.4, 0.5) is 0 Å². The molecule has 0 aromatic heterocycles. The third-order valence-electron chi connectivity index (χ3n) is 11.7. The molecule has 0 rings (SSSR count). The summed E-state index contributed by atoms with van der Waals surface area (Å²) in [6, 6.07) is 0. The summed E-state index contributed by atoms with van der Waals surface area (Å²) in [5.74, 6) is -1.01. The van der Waals surface area contributed by atoms with Gasteiger partial charge in [-0.05, 0) is 57.8 Å². The highest BCUT2D eigenvalue weighted by atomic mass is 16.6. The molecule has 0 N–H and O–H groups in total. The predicted molar refractivity (Wildman–Crippen MR) is 306 cm³/mol. The Hall–Kier alpha value is -4.71. The van der Waals surface area contributed by atoms with Gasteiger partial charge in [-0.2, -0.15) is 0 Å². The molecule has 6 nitrogen and oxygen atoms in total. The van der Waals surface area contributed by atoms with Crippen molar-refractivity contribution in [3.63, 3.8) is 0 Å². The van der Waals surface area contributed by atoms with Crippen LogP contribution in [-0.4, -0.2) is 37.2 Å². The average Bonchev–Trinajstić information content (AvgIpc) is 3.37. The second-order valence-electron chi connectivity index (χ2n) is 18.4. The molecule has 1 atom stereocenters. The molecule has 71 heavy (non-hydrogen) atoms. The molecular formula is C65H102O6. The molecule has 0 aromatic rings. The van der Waals surface area contributed by atoms with E-state index in [0.717, 1.165) is 77.0 Å². The van der Waals surface area contributed by atoms with Crippen LogP contribution in [0.2, 0.25) is 0 Å². The number of carbonyl (C=O) groups is 3. The molecule has 0 saturated heterocycles. The fraction of sp³-hybridized carbons (Fsp3) is 0.585. The van der Waals surface area contributed by atoms with Gasteiger partial charge in [0.2, 0.25) is 0 Å². The summed E-state index contributed by atoms with van der Waals surface area (Å²) in [6.07, 6.45) is 82.6. The van der Waals surface area contributed by atoms with E-state index in [-0.39, 0.29) is 37.5 Å². The highest BCUT2D eigenvalue weighted by molar-refractivity contribution is 5.71. The van der Waals surface area contributed by atoms with Crippen molar-refractivity contribution < 1.29 is 28.6 Å². The van der Waals surface area contributed by atoms with E-state index in [2.05, 4.69) is 45.1 Å². The molecule has 0 heterocycles. The van der Waals surface area contributed by atoms with Gasteiger partial charge in [-0.1, -0.05) is 295 Å². The number of hydrogen-bond donors (Lipinski definition) is 0. The fourth-order valence-electron chi connectivity index (χ4n) is 7.45. The number of unbranched alkanes of at least 4 members (excludes halogenated alkanes) is 24. The van der Waals surface area contributed by atoms with Gasteiger partial charge >= 0.3 is 17.9 Å². The van der Waals surface area contributed by atoms with E-state index in [1.165, 1.54) is 103 Å². The lowest BCUT2D eigenvalue weighted by molar-refractivity contribution is -0.167. The molecule has 1 unspecified atom stereocenters. The minimum Gasteiger partial charge on any atom is -0.462 e. The minimum absolute atomic E-state index is 0.115. The number of hydrogen-bond acceptors (Lipinski definition) is 6. The van der Waals surface area contributed by atoms with Crippen LogP contribution in [0.5, 0.6) is 0 Å². The van der Waals surface area contributed by atoms with Crippen LogP contribution in [0.25, 0.3) is 0 Å². The van der Waals surface area contributed by atoms with Crippen molar-refractivity contribution in [2.45, 2.75) is 232 Å². The van der Waals surface area contributed by atoms with Crippen molar-refractivity contribution in [3.8, 4) is 0 Å². The summed E-state index contributed by atoms with van der Waals surface area (Å²) in [5.41, 5.74) is 0. The molecule has 0 saturated carbocycles. The van der Waals surface area contributed by atoms with Crippen LogP contribution in [0.3, 0.4) is 0 Å². The van der Waals surface area contributed by atoms with E-state index in [1.54, 1.807) is 0 Å². The Morgan fingerprint density at radius 1 is 0.296 bits per heavy atom. The van der Waals surface area contributed by atoms with Gasteiger partial charge in [0.25, 0.3) is 0 Å². The maximum absolute atomic E-state index is 12.8. The number of ether oxygens (including phenoxy) is 3. The Morgan fingerprint density at radius 2 is 0.549 bits per heavy atom. The van der Waals surface area contributed by atoms with Gasteiger partial charge in [0, 0.05) is 19.3 Å². The Bertz CT molecular complexity index is 1590. The van der Waals surface area contributed by atoms with Crippen LogP contribution in [0, 0.1) is 0 Å². The third kappa shape index (κ3) is 56.1. The van der Waals surface area contributed by atoms with Crippen molar-refractivity contribution in [2.75, 3.05) is 13.2 Å². The lowest BCUT2D eigenvalue weighted by atomic mass is 10.0. The first-order chi connectivity index (χ1) is 35.0. The molecule has 0 radical (unpaired) electrons. The molecule has 0 spiro atoms. The molecule has 0 fully saturated rings. The summed E-state index contributed by atoms with van der Waals surface area (Å²) < 4.78 is 16.8. The molecule has 0 aliphatic heterocycles. The molecule has 0 aliphatic rings. The van der Waals surface area contributed by atoms with Crippen molar-refractivity contribution in [3.05, 3.63) is 146 Å². The average molecular weight is 980 g/mol. The first kappa shape index (κ1) is 66.3. The number of esters is 3. The summed E-state index contributed by atoms with van der Waals surface area (Å²) in [6.45, 7) is 6.27. The van der Waals surface area contributed by atoms with E-state index < -0.39 is 6.10 Å². The number of allylic oxidation sites excluding steroid dienone is 24. The van der Waals surface area contributed by atoms with Crippen molar-refractivity contribution in [1.82, 2.24) is 0 Å². The third-order valence-corrected chi connectivity index (χ3v) is 11.7. The largest absolute Gasteiger partial charge is 0.462 e. The summed E-state index contributed by atoms with van der Waals surface area (Å²) >= 11 is 0. The van der Waals surface area contributed by atoms with E-state index in [9.17, 15) is 14.4 Å². The first-order valence-electron chi connectivity index (χ1n) is 28.5. The van der Waals surface area contributed by atoms with Crippen molar-refractivity contribution in [2.24, 2.45) is 0 Å². The lowest BCUT2D eigenvalue weighted by Crippen LogP contribution is -2.30. The van der Waals surface area contributed by atoms with Crippen LogP contribution in [0.15, 0.2) is 146 Å². The number of rotatable bonds is 49. The highest BCUT2D eigenvalue weighted by Crippen LogP contribution is 2.16. The second-order valence-corrected chi connectivity index (χ2v) is 18.4. The van der Waals surface area contributed by atoms with Crippen LogP contribution >= 0.6 is 0 Å². The van der Waals surface area contributed by atoms with E-state index >= 15 is 0 Å². The zero-order valence-electron chi connectivity index (χ0n) is 45.4. The van der Waals surface area contributed by atoms with Gasteiger partial charge in [-0.15, -0.1) is 0 Å². The van der Waals surface area contributed by atoms with Gasteiger partial charge in [-0.3, -0.25) is 14.4 Å². The zero-order chi connectivity index (χ0) is 51.4. The molecule has 0 bridgehead atoms. The van der Waals surface area contributed by atoms with Crippen molar-refractivity contribution in [1.29, 1.82) is 0 Å². The molecule has 0 aliphatic carbocycles. The normalized spacial score (nSPS) is 13.2. The maximum atomic E-state index is 12.8. The minimum atomic E-state index is -0.826. The Balaban J connectivity index is 4.55. The van der Waals surface area contributed by atoms with E-state index in [1.807, 2.05) is 122 Å². The number of carbonyl (C=O) groups excluding carboxylic acids is 3. The summed E-state index contributed by atoms with van der Waals surface area (Å²) in [4.78, 5) is 38.2. The summed E-state index contributed by atoms with van der Waals surface area (Å²) in [5, 5.41) is 0. The SMILES string of the molecule is CC\C=C/C=C\C=C/C=C\C=C\C=C/CCCCCC(=O)OCC(COC(=O)CCCCCCCCCCCCCCCCCCCCC)OC(=O)CCCCC\C=C/C=C/C=C\C=C/C=C\C=C/CC. The van der Waals surface area contributed by atoms with Gasteiger partial charge in [0.05, 0.1) is 0 Å². The highest BCUT2D eigenvalue weighted by Gasteiger charge is 2.19. The first-order valence-corrected chi connectivity index (χ1v) is 28.5. The fourth-order valence-corrected chi connectivity index (χ4v) is 7.45. The van der Waals surface area contributed by atoms with Crippen molar-refractivity contribution >= 4 is 17.9 Å². The predicted octanol–water partition coefficient (Wildman–Crippen LogP) is 19.2. The zero-order valence-corrected chi connectivity index (χ0v) is 45.4. The molecular weight excluding hydrogens is 877 g/mol. The molecule has 0 aromatic carbocycles. The van der Waals surface area contributed by atoms with Crippen LogP contribution < -0.4 is 0 Å². The van der Waals surface area contributed by atoms with Gasteiger partial charge in [0.1, 0.15) is 13.2 Å². The van der Waals surface area contributed by atoms with E-state index in [0.29, 0.717) is 19.3 Å². The topological polar surface area (TPSA) is 78.9 Å². The molecule has 0 amide bonds. The maximum Gasteiger partial charge on any atom is 0.306 e. The van der Waals surface area contributed by atoms with Crippen LogP contribution in [0.1, 0.15) is 226 Å².